The molecule has 0 saturated carbocycles. The van der Waals surface area contributed by atoms with Crippen LogP contribution in [0.15, 0.2) is 30.3 Å². The van der Waals surface area contributed by atoms with Gasteiger partial charge in [0.2, 0.25) is 0 Å². The van der Waals surface area contributed by atoms with Gasteiger partial charge in [-0.05, 0) is 45.0 Å². The largest absolute Gasteiger partial charge is 0.358 e. The summed E-state index contributed by atoms with van der Waals surface area (Å²) < 4.78 is 16.1. The van der Waals surface area contributed by atoms with Crippen molar-refractivity contribution in [2.75, 3.05) is 19.7 Å². The van der Waals surface area contributed by atoms with Gasteiger partial charge < -0.3 is 14.7 Å². The lowest BCUT2D eigenvalue weighted by atomic mass is 10.3. The lowest BCUT2D eigenvalue weighted by Gasteiger charge is -2.09. The molecule has 21 heavy (non-hydrogen) atoms. The van der Waals surface area contributed by atoms with E-state index in [0.717, 1.165) is 0 Å². The molecule has 0 radical (unpaired) electrons. The van der Waals surface area contributed by atoms with Crippen LogP contribution in [-0.4, -0.2) is 24.6 Å². The molecule has 0 fully saturated rings. The first-order valence-corrected chi connectivity index (χ1v) is 9.39. The predicted octanol–water partition coefficient (Wildman–Crippen LogP) is 3.71. The third-order valence-electron chi connectivity index (χ3n) is 2.80. The van der Waals surface area contributed by atoms with E-state index >= 15 is 0 Å². The fourth-order valence-electron chi connectivity index (χ4n) is 1.59. The van der Waals surface area contributed by atoms with Crippen LogP contribution in [0.25, 0.3) is 0 Å². The van der Waals surface area contributed by atoms with E-state index in [1.54, 1.807) is 37.3 Å². The topological polar surface area (TPSA) is 58.6 Å². The fourth-order valence-corrected chi connectivity index (χ4v) is 2.64. The van der Waals surface area contributed by atoms with Gasteiger partial charge in [-0.3, -0.25) is 4.57 Å². The smallest absolute Gasteiger partial charge is 0.321 e. The number of nitrogens with one attached hydrogen (secondary N) is 1. The number of benzene rings is 1. The Kier molecular flexibility index (Phi) is 12.6. The van der Waals surface area contributed by atoms with E-state index in [9.17, 15) is 9.46 Å². The second-order valence-electron chi connectivity index (χ2n) is 4.73. The lowest BCUT2D eigenvalue weighted by Crippen LogP contribution is -2.15. The van der Waals surface area contributed by atoms with Gasteiger partial charge in [0.1, 0.15) is 0 Å². The first kappa shape index (κ1) is 20.3. The van der Waals surface area contributed by atoms with Crippen molar-refractivity contribution in [3.05, 3.63) is 30.3 Å². The quantitative estimate of drug-likeness (QED) is 0.539. The molecular weight excluding hydrogens is 285 g/mol. The normalized spacial score (nSPS) is 13.1. The van der Waals surface area contributed by atoms with Crippen LogP contribution in [0.3, 0.4) is 0 Å². The zero-order valence-corrected chi connectivity index (χ0v) is 14.4. The molecule has 0 spiro atoms. The van der Waals surface area contributed by atoms with Gasteiger partial charge in [-0.2, -0.15) is 0 Å². The zero-order valence-electron chi connectivity index (χ0n) is 13.5. The van der Waals surface area contributed by atoms with Crippen molar-refractivity contribution in [2.24, 2.45) is 0 Å². The van der Waals surface area contributed by atoms with Crippen LogP contribution >= 0.6 is 7.60 Å². The van der Waals surface area contributed by atoms with E-state index in [1.165, 1.54) is 38.8 Å². The first-order valence-electron chi connectivity index (χ1n) is 7.82. The van der Waals surface area contributed by atoms with Crippen molar-refractivity contribution >= 4 is 12.9 Å². The Morgan fingerprint density at radius 3 is 2.00 bits per heavy atom. The van der Waals surface area contributed by atoms with Gasteiger partial charge in [-0.25, -0.2) is 0 Å². The highest BCUT2D eigenvalue weighted by Crippen LogP contribution is 2.39. The first-order chi connectivity index (χ1) is 10.1. The minimum atomic E-state index is -3.54. The highest BCUT2D eigenvalue weighted by molar-refractivity contribution is 7.61. The maximum atomic E-state index is 11.3. The summed E-state index contributed by atoms with van der Waals surface area (Å²) >= 11 is 0. The van der Waals surface area contributed by atoms with Crippen LogP contribution in [-0.2, 0) is 9.09 Å². The molecule has 0 aliphatic rings. The molecule has 0 heterocycles. The lowest BCUT2D eigenvalue weighted by molar-refractivity contribution is 0.284. The van der Waals surface area contributed by atoms with Gasteiger partial charge in [-0.15, -0.1) is 0 Å². The van der Waals surface area contributed by atoms with Gasteiger partial charge in [0.05, 0.1) is 11.9 Å². The monoisotopic (exact) mass is 315 g/mol. The Labute approximate surface area is 129 Å². The third-order valence-corrected chi connectivity index (χ3v) is 4.36. The molecule has 1 unspecified atom stereocenters. The highest BCUT2D eigenvalue weighted by Gasteiger charge is 2.20. The van der Waals surface area contributed by atoms with Gasteiger partial charge in [0, 0.05) is 0 Å². The van der Waals surface area contributed by atoms with Crippen molar-refractivity contribution in [2.45, 2.75) is 46.5 Å². The van der Waals surface area contributed by atoms with Crippen LogP contribution in [0.5, 0.6) is 0 Å². The molecule has 0 aromatic heterocycles. The summed E-state index contributed by atoms with van der Waals surface area (Å²) in [6, 6.07) is 8.36. The summed E-state index contributed by atoms with van der Waals surface area (Å²) in [5, 5.41) is 3.73. The molecule has 1 rings (SSSR count). The van der Waals surface area contributed by atoms with Crippen LogP contribution in [0.2, 0.25) is 0 Å². The summed E-state index contributed by atoms with van der Waals surface area (Å²) in [5.41, 5.74) is 0. The predicted molar refractivity (Wildman–Crippen MR) is 90.2 cm³/mol. The summed E-state index contributed by atoms with van der Waals surface area (Å²) in [6.07, 6.45) is 5.26. The Balaban J connectivity index is 0.000000400. The summed E-state index contributed by atoms with van der Waals surface area (Å²) in [6.45, 7) is 8.78. The van der Waals surface area contributed by atoms with Crippen molar-refractivity contribution in [1.82, 2.24) is 5.32 Å². The second-order valence-corrected chi connectivity index (χ2v) is 6.55. The highest BCUT2D eigenvalue weighted by atomic mass is 31.2. The van der Waals surface area contributed by atoms with Crippen LogP contribution < -0.4 is 10.6 Å². The van der Waals surface area contributed by atoms with Crippen molar-refractivity contribution in [3.8, 4) is 0 Å². The average molecular weight is 315 g/mol. The van der Waals surface area contributed by atoms with Crippen LogP contribution in [0, 0.1) is 0 Å². The minimum Gasteiger partial charge on any atom is -0.321 e. The number of unbranched alkanes of at least 4 members (excludes halogenated alkanes) is 2. The average Bonchev–Trinajstić information content (AvgIpc) is 2.49. The Hall–Kier alpha value is -0.670. The summed E-state index contributed by atoms with van der Waals surface area (Å²) in [5.74, 6) is 0. The molecule has 122 valence electrons. The second kappa shape index (κ2) is 13.0. The van der Waals surface area contributed by atoms with E-state index in [0.29, 0.717) is 5.30 Å². The summed E-state index contributed by atoms with van der Waals surface area (Å²) in [7, 11) is -3.54. The van der Waals surface area contributed by atoms with Crippen LogP contribution in [0.4, 0.5) is 0 Å². The standard InChI is InChI=1S/C8H19N.C8H11O3P/c1-3-5-7-9-8-6-4-2;1-2-11-12(9,10)8-6-4-3-5-7-8/h9H,3-8H2,1-2H3;3-7H,2H2,1H3,(H,9,10). The molecule has 5 heteroatoms. The van der Waals surface area contributed by atoms with E-state index in [1.807, 2.05) is 0 Å². The van der Waals surface area contributed by atoms with E-state index in [4.69, 9.17) is 4.52 Å². The molecular formula is C16H30NO3P. The van der Waals surface area contributed by atoms with Gasteiger partial charge in [0.15, 0.2) is 0 Å². The van der Waals surface area contributed by atoms with E-state index in [2.05, 4.69) is 19.2 Å². The molecule has 1 aromatic rings. The fraction of sp³-hybridized carbons (Fsp3) is 0.625. The maximum Gasteiger partial charge on any atom is 0.358 e. The molecule has 0 aliphatic carbocycles. The van der Waals surface area contributed by atoms with Gasteiger partial charge >= 0.3 is 7.60 Å². The molecule has 4 nitrogen and oxygen atoms in total. The Morgan fingerprint density at radius 1 is 1.05 bits per heavy atom. The van der Waals surface area contributed by atoms with Crippen molar-refractivity contribution in [3.63, 3.8) is 0 Å². The van der Waals surface area contributed by atoms with E-state index in [-0.39, 0.29) is 6.61 Å². The molecule has 0 aliphatic heterocycles. The van der Waals surface area contributed by atoms with Gasteiger partial charge in [0.25, 0.3) is 0 Å². The van der Waals surface area contributed by atoms with Crippen LogP contribution in [0.1, 0.15) is 46.5 Å². The van der Waals surface area contributed by atoms with Crippen molar-refractivity contribution in [1.29, 1.82) is 0 Å². The van der Waals surface area contributed by atoms with Gasteiger partial charge in [-0.1, -0.05) is 44.9 Å². The number of hydrogen-bond acceptors (Lipinski definition) is 3. The molecule has 1 atom stereocenters. The minimum absolute atomic E-state index is 0.239. The zero-order chi connectivity index (χ0) is 16.0. The maximum absolute atomic E-state index is 11.3. The number of rotatable bonds is 9. The van der Waals surface area contributed by atoms with E-state index < -0.39 is 7.60 Å². The SMILES string of the molecule is CCCCNCCCC.CCOP(=O)(O)c1ccccc1. The Bertz CT molecular complexity index is 378. The molecule has 0 amide bonds. The molecule has 0 saturated heterocycles. The summed E-state index contributed by atoms with van der Waals surface area (Å²) in [4.78, 5) is 9.32. The Morgan fingerprint density at radius 2 is 1.57 bits per heavy atom. The third kappa shape index (κ3) is 10.7. The molecule has 1 aromatic carbocycles. The molecule has 0 bridgehead atoms. The molecule has 2 N–H and O–H groups in total. The van der Waals surface area contributed by atoms with Crippen molar-refractivity contribution < 1.29 is 14.0 Å². The number of hydrogen-bond donors (Lipinski definition) is 2.